The molecule has 2 saturated heterocycles. The van der Waals surface area contributed by atoms with Crippen LogP contribution in [0.2, 0.25) is 5.15 Å². The summed E-state index contributed by atoms with van der Waals surface area (Å²) in [5, 5.41) is 11.4. The van der Waals surface area contributed by atoms with Crippen LogP contribution in [-0.4, -0.2) is 59.3 Å². The predicted molar refractivity (Wildman–Crippen MR) is 103 cm³/mol. The standard InChI is InChI=1S/C20H25ClF2N4O2/c21-17-7-15(16-8-20(16,22)23)18(26-25-17)24-14-5-12-9-27(10-13(12)6-14)19(28)11-1-3-29-4-2-11/h7,11-14,16H,1-6,8-10H2,(H,24,26)/t12-,13+,14+,16?. The van der Waals surface area contributed by atoms with E-state index in [1.165, 1.54) is 6.07 Å². The maximum Gasteiger partial charge on any atom is 0.256 e. The second-order valence-corrected chi connectivity index (χ2v) is 9.34. The topological polar surface area (TPSA) is 67.3 Å². The highest BCUT2D eigenvalue weighted by molar-refractivity contribution is 6.29. The van der Waals surface area contributed by atoms with Crippen LogP contribution < -0.4 is 5.32 Å². The van der Waals surface area contributed by atoms with E-state index < -0.39 is 11.8 Å². The number of likely N-dealkylation sites (tertiary alicyclic amines) is 1. The molecule has 5 rings (SSSR count). The van der Waals surface area contributed by atoms with Crippen LogP contribution >= 0.6 is 11.6 Å². The monoisotopic (exact) mass is 426 g/mol. The molecule has 1 aromatic heterocycles. The number of aromatic nitrogens is 2. The number of hydrogen-bond donors (Lipinski definition) is 1. The lowest BCUT2D eigenvalue weighted by atomic mass is 9.98. The van der Waals surface area contributed by atoms with Crippen LogP contribution in [0.3, 0.4) is 0 Å². The smallest absolute Gasteiger partial charge is 0.256 e. The summed E-state index contributed by atoms with van der Waals surface area (Å²) < 4.78 is 32.6. The molecule has 1 aromatic rings. The van der Waals surface area contributed by atoms with Crippen molar-refractivity contribution in [2.75, 3.05) is 31.6 Å². The summed E-state index contributed by atoms with van der Waals surface area (Å²) in [5.41, 5.74) is 0.461. The summed E-state index contributed by atoms with van der Waals surface area (Å²) >= 11 is 5.89. The Bertz CT molecular complexity index is 791. The lowest BCUT2D eigenvalue weighted by Crippen LogP contribution is -2.38. The van der Waals surface area contributed by atoms with E-state index in [2.05, 4.69) is 15.5 Å². The van der Waals surface area contributed by atoms with Crippen molar-refractivity contribution in [1.29, 1.82) is 0 Å². The molecule has 4 aliphatic rings. The molecular weight excluding hydrogens is 402 g/mol. The van der Waals surface area contributed by atoms with Gasteiger partial charge in [-0.2, -0.15) is 0 Å². The number of nitrogens with one attached hydrogen (secondary N) is 1. The summed E-state index contributed by atoms with van der Waals surface area (Å²) in [6.45, 7) is 2.93. The van der Waals surface area contributed by atoms with Crippen molar-refractivity contribution in [3.8, 4) is 0 Å². The van der Waals surface area contributed by atoms with Gasteiger partial charge in [-0.3, -0.25) is 4.79 Å². The van der Waals surface area contributed by atoms with E-state index in [4.69, 9.17) is 16.3 Å². The van der Waals surface area contributed by atoms with Crippen LogP contribution in [0.25, 0.3) is 0 Å². The Labute approximate surface area is 173 Å². The molecule has 9 heteroatoms. The van der Waals surface area contributed by atoms with Gasteiger partial charge in [0.15, 0.2) is 11.0 Å². The third-order valence-electron chi connectivity index (χ3n) is 6.97. The maximum absolute atomic E-state index is 13.6. The van der Waals surface area contributed by atoms with Gasteiger partial charge in [-0.15, -0.1) is 10.2 Å². The van der Waals surface area contributed by atoms with Gasteiger partial charge in [0.2, 0.25) is 5.91 Å². The predicted octanol–water partition coefficient (Wildman–Crippen LogP) is 3.33. The Balaban J connectivity index is 1.20. The van der Waals surface area contributed by atoms with Crippen molar-refractivity contribution in [3.63, 3.8) is 0 Å². The van der Waals surface area contributed by atoms with E-state index in [1.807, 2.05) is 4.90 Å². The Morgan fingerprint density at radius 2 is 1.86 bits per heavy atom. The van der Waals surface area contributed by atoms with Gasteiger partial charge in [-0.1, -0.05) is 11.6 Å². The molecule has 2 aliphatic heterocycles. The van der Waals surface area contributed by atoms with E-state index in [9.17, 15) is 13.6 Å². The number of ether oxygens (including phenoxy) is 1. The van der Waals surface area contributed by atoms with E-state index in [-0.39, 0.29) is 29.4 Å². The molecule has 0 bridgehead atoms. The van der Waals surface area contributed by atoms with Crippen molar-refractivity contribution in [2.24, 2.45) is 17.8 Å². The average Bonchev–Trinajstić information content (AvgIpc) is 3.00. The van der Waals surface area contributed by atoms with Gasteiger partial charge >= 0.3 is 0 Å². The zero-order chi connectivity index (χ0) is 20.2. The van der Waals surface area contributed by atoms with Crippen molar-refractivity contribution in [1.82, 2.24) is 15.1 Å². The van der Waals surface area contributed by atoms with Crippen LogP contribution in [0.5, 0.6) is 0 Å². The number of carbonyl (C=O) groups is 1. The first-order chi connectivity index (χ1) is 13.9. The van der Waals surface area contributed by atoms with Gasteiger partial charge in [0.1, 0.15) is 0 Å². The fourth-order valence-electron chi connectivity index (χ4n) is 5.30. The van der Waals surface area contributed by atoms with Crippen molar-refractivity contribution in [3.05, 3.63) is 16.8 Å². The normalized spacial score (nSPS) is 33.6. The summed E-state index contributed by atoms with van der Waals surface area (Å²) in [6.07, 6.45) is 3.29. The van der Waals surface area contributed by atoms with Crippen LogP contribution in [0, 0.1) is 17.8 Å². The molecule has 4 atom stereocenters. The molecule has 1 amide bonds. The van der Waals surface area contributed by atoms with Gasteiger partial charge in [0.25, 0.3) is 5.92 Å². The van der Waals surface area contributed by atoms with Crippen LogP contribution in [-0.2, 0) is 9.53 Å². The Morgan fingerprint density at radius 3 is 2.48 bits per heavy atom. The lowest BCUT2D eigenvalue weighted by molar-refractivity contribution is -0.137. The second-order valence-electron chi connectivity index (χ2n) is 8.95. The molecule has 3 heterocycles. The fourth-order valence-corrected chi connectivity index (χ4v) is 5.46. The second kappa shape index (κ2) is 7.30. The van der Waals surface area contributed by atoms with E-state index in [1.54, 1.807) is 0 Å². The molecule has 1 unspecified atom stereocenters. The lowest BCUT2D eigenvalue weighted by Gasteiger charge is -2.27. The zero-order valence-corrected chi connectivity index (χ0v) is 16.9. The molecule has 0 spiro atoms. The molecule has 0 aromatic carbocycles. The van der Waals surface area contributed by atoms with Gasteiger partial charge in [0.05, 0.1) is 5.92 Å². The van der Waals surface area contributed by atoms with E-state index in [0.29, 0.717) is 36.4 Å². The number of alkyl halides is 2. The van der Waals surface area contributed by atoms with Crippen LogP contribution in [0.4, 0.5) is 14.6 Å². The van der Waals surface area contributed by atoms with Crippen molar-refractivity contribution in [2.45, 2.75) is 50.0 Å². The highest BCUT2D eigenvalue weighted by atomic mass is 35.5. The van der Waals surface area contributed by atoms with Crippen molar-refractivity contribution < 1.29 is 18.3 Å². The highest BCUT2D eigenvalue weighted by Gasteiger charge is 2.59. The molecule has 4 fully saturated rings. The molecule has 1 N–H and O–H groups in total. The molecule has 6 nitrogen and oxygen atoms in total. The summed E-state index contributed by atoms with van der Waals surface area (Å²) in [5.74, 6) is -1.81. The van der Waals surface area contributed by atoms with Crippen LogP contribution in [0.15, 0.2) is 6.07 Å². The van der Waals surface area contributed by atoms with Crippen LogP contribution in [0.1, 0.15) is 43.6 Å². The van der Waals surface area contributed by atoms with E-state index >= 15 is 0 Å². The number of anilines is 1. The van der Waals surface area contributed by atoms with Gasteiger partial charge in [-0.25, -0.2) is 8.78 Å². The molecular formula is C20H25ClF2N4O2. The first-order valence-electron chi connectivity index (χ1n) is 10.4. The summed E-state index contributed by atoms with van der Waals surface area (Å²) in [6, 6.07) is 1.67. The Hall–Kier alpha value is -1.54. The number of nitrogens with zero attached hydrogens (tertiary/aromatic N) is 3. The number of halogens is 3. The molecule has 29 heavy (non-hydrogen) atoms. The average molecular weight is 427 g/mol. The number of amides is 1. The minimum absolute atomic E-state index is 0.101. The third kappa shape index (κ3) is 3.81. The first-order valence-corrected chi connectivity index (χ1v) is 10.8. The van der Waals surface area contributed by atoms with Gasteiger partial charge in [0, 0.05) is 50.2 Å². The minimum atomic E-state index is -2.68. The molecule has 0 radical (unpaired) electrons. The SMILES string of the molecule is O=C(C1CCOCC1)N1C[C@H]2C[C@H](Nc3nnc(Cl)cc3C3CC3(F)F)C[C@H]2C1. The number of carbonyl (C=O) groups excluding carboxylic acids is 1. The Morgan fingerprint density at radius 1 is 1.21 bits per heavy atom. The molecule has 158 valence electrons. The fraction of sp³-hybridized carbons (Fsp3) is 0.750. The zero-order valence-electron chi connectivity index (χ0n) is 16.1. The number of rotatable bonds is 4. The highest BCUT2D eigenvalue weighted by Crippen LogP contribution is 2.57. The number of hydrogen-bond acceptors (Lipinski definition) is 5. The minimum Gasteiger partial charge on any atom is -0.381 e. The van der Waals surface area contributed by atoms with E-state index in [0.717, 1.165) is 38.8 Å². The van der Waals surface area contributed by atoms with Crippen molar-refractivity contribution >= 4 is 23.3 Å². The third-order valence-corrected chi connectivity index (χ3v) is 7.15. The summed E-state index contributed by atoms with van der Waals surface area (Å²) in [7, 11) is 0. The van der Waals surface area contributed by atoms with Gasteiger partial charge in [-0.05, 0) is 43.6 Å². The molecule has 2 aliphatic carbocycles. The molecule has 2 saturated carbocycles. The maximum atomic E-state index is 13.6. The first kappa shape index (κ1) is 19.4. The quantitative estimate of drug-likeness (QED) is 0.799. The largest absolute Gasteiger partial charge is 0.381 e. The summed E-state index contributed by atoms with van der Waals surface area (Å²) in [4.78, 5) is 14.8. The number of fused-ring (bicyclic) bond motifs is 1. The van der Waals surface area contributed by atoms with Gasteiger partial charge < -0.3 is 15.0 Å². The Kier molecular flexibility index (Phi) is 4.89.